The average molecular weight is 291 g/mol. The number of hydrogen-bond acceptors (Lipinski definition) is 1. The van der Waals surface area contributed by atoms with Crippen LogP contribution in [0.25, 0.3) is 0 Å². The smallest absolute Gasteiger partial charge is 0.0170 e. The third-order valence-electron chi connectivity index (χ3n) is 5.96. The minimum absolute atomic E-state index is 0.632. The first kappa shape index (κ1) is 14.0. The molecule has 2 fully saturated rings. The highest BCUT2D eigenvalue weighted by Crippen LogP contribution is 2.50. The predicted molar refractivity (Wildman–Crippen MR) is 92.3 cm³/mol. The third-order valence-corrected chi connectivity index (χ3v) is 5.96. The molecule has 0 spiro atoms. The summed E-state index contributed by atoms with van der Waals surface area (Å²) in [7, 11) is 2.34. The number of hydrogen-bond donors (Lipinski definition) is 0. The molecule has 2 bridgehead atoms. The molecule has 114 valence electrons. The van der Waals surface area contributed by atoms with Gasteiger partial charge in [0.25, 0.3) is 0 Å². The van der Waals surface area contributed by atoms with Gasteiger partial charge in [-0.1, -0.05) is 60.2 Å². The van der Waals surface area contributed by atoms with Crippen LogP contribution in [0.4, 0.5) is 0 Å². The second-order valence-corrected chi connectivity index (χ2v) is 7.15. The maximum absolute atomic E-state index is 2.66. The lowest BCUT2D eigenvalue weighted by Gasteiger charge is -2.43. The van der Waals surface area contributed by atoms with Crippen LogP contribution in [0.3, 0.4) is 0 Å². The van der Waals surface area contributed by atoms with E-state index in [9.17, 15) is 0 Å². The van der Waals surface area contributed by atoms with Crippen LogP contribution in [0.2, 0.25) is 0 Å². The molecule has 2 aliphatic rings. The quantitative estimate of drug-likeness (QED) is 0.773. The number of likely N-dealkylation sites (N-methyl/N-ethyl adjacent to an activating group) is 1. The van der Waals surface area contributed by atoms with Gasteiger partial charge >= 0.3 is 0 Å². The van der Waals surface area contributed by atoms with Crippen molar-refractivity contribution in [3.63, 3.8) is 0 Å². The van der Waals surface area contributed by atoms with Gasteiger partial charge in [0.1, 0.15) is 0 Å². The maximum atomic E-state index is 2.66. The van der Waals surface area contributed by atoms with Crippen LogP contribution in [0.5, 0.6) is 0 Å². The SMILES string of the molecule is Cc1ccc([C@@H]2C[C@H]3CC[C@@H]([C@H]2c2ccccc2)N3C)cc1. The van der Waals surface area contributed by atoms with Crippen molar-refractivity contribution in [2.24, 2.45) is 0 Å². The number of fused-ring (bicyclic) bond motifs is 2. The molecule has 2 aromatic carbocycles. The molecule has 2 heterocycles. The van der Waals surface area contributed by atoms with E-state index in [1.54, 1.807) is 0 Å². The van der Waals surface area contributed by atoms with Gasteiger partial charge in [-0.2, -0.15) is 0 Å². The summed E-state index contributed by atoms with van der Waals surface area (Å²) in [4.78, 5) is 2.66. The maximum Gasteiger partial charge on any atom is 0.0170 e. The summed E-state index contributed by atoms with van der Waals surface area (Å²) < 4.78 is 0. The van der Waals surface area contributed by atoms with Crippen molar-refractivity contribution in [2.75, 3.05) is 7.05 Å². The fourth-order valence-corrected chi connectivity index (χ4v) is 4.75. The highest BCUT2D eigenvalue weighted by molar-refractivity contribution is 5.34. The highest BCUT2D eigenvalue weighted by Gasteiger charge is 2.46. The number of aryl methyl sites for hydroxylation is 1. The highest BCUT2D eigenvalue weighted by atomic mass is 15.2. The molecule has 22 heavy (non-hydrogen) atoms. The Bertz CT molecular complexity index is 631. The molecule has 1 nitrogen and oxygen atoms in total. The normalized spacial score (nSPS) is 31.4. The first-order valence-corrected chi connectivity index (χ1v) is 8.57. The third kappa shape index (κ3) is 2.28. The Labute approximate surface area is 134 Å². The number of nitrogens with zero attached hydrogens (tertiary/aromatic N) is 1. The molecule has 0 unspecified atom stereocenters. The van der Waals surface area contributed by atoms with Gasteiger partial charge in [-0.05, 0) is 50.3 Å². The van der Waals surface area contributed by atoms with E-state index in [1.165, 1.54) is 36.0 Å². The van der Waals surface area contributed by atoms with E-state index in [2.05, 4.69) is 73.5 Å². The van der Waals surface area contributed by atoms with E-state index in [0.29, 0.717) is 17.9 Å². The Morgan fingerprint density at radius 2 is 1.59 bits per heavy atom. The molecule has 2 aromatic rings. The summed E-state index contributed by atoms with van der Waals surface area (Å²) in [5.41, 5.74) is 4.41. The molecule has 4 rings (SSSR count). The van der Waals surface area contributed by atoms with E-state index in [4.69, 9.17) is 0 Å². The van der Waals surface area contributed by atoms with Crippen molar-refractivity contribution < 1.29 is 0 Å². The van der Waals surface area contributed by atoms with Crippen LogP contribution in [-0.4, -0.2) is 24.0 Å². The average Bonchev–Trinajstić information content (AvgIpc) is 2.79. The minimum Gasteiger partial charge on any atom is -0.300 e. The van der Waals surface area contributed by atoms with E-state index in [-0.39, 0.29) is 0 Å². The molecule has 2 saturated heterocycles. The Morgan fingerprint density at radius 1 is 0.864 bits per heavy atom. The first-order chi connectivity index (χ1) is 10.7. The van der Waals surface area contributed by atoms with Crippen LogP contribution in [0, 0.1) is 6.92 Å². The molecule has 1 heteroatoms. The Hall–Kier alpha value is -1.60. The van der Waals surface area contributed by atoms with Gasteiger partial charge in [-0.25, -0.2) is 0 Å². The van der Waals surface area contributed by atoms with Gasteiger partial charge in [0.15, 0.2) is 0 Å². The molecule has 0 aliphatic carbocycles. The molecule has 0 radical (unpaired) electrons. The minimum atomic E-state index is 0.632. The van der Waals surface area contributed by atoms with E-state index < -0.39 is 0 Å². The van der Waals surface area contributed by atoms with Gasteiger partial charge < -0.3 is 0 Å². The number of rotatable bonds is 2. The largest absolute Gasteiger partial charge is 0.300 e. The lowest BCUT2D eigenvalue weighted by atomic mass is 9.73. The van der Waals surface area contributed by atoms with Crippen molar-refractivity contribution >= 4 is 0 Å². The first-order valence-electron chi connectivity index (χ1n) is 8.57. The Morgan fingerprint density at radius 3 is 2.32 bits per heavy atom. The summed E-state index contributed by atoms with van der Waals surface area (Å²) >= 11 is 0. The van der Waals surface area contributed by atoms with E-state index in [0.717, 1.165) is 6.04 Å². The lowest BCUT2D eigenvalue weighted by Crippen LogP contribution is -2.44. The molecular weight excluding hydrogens is 266 g/mol. The Kier molecular flexibility index (Phi) is 3.54. The fraction of sp³-hybridized carbons (Fsp3) is 0.429. The van der Waals surface area contributed by atoms with Crippen LogP contribution in [0.1, 0.15) is 47.8 Å². The zero-order chi connectivity index (χ0) is 15.1. The van der Waals surface area contributed by atoms with Gasteiger partial charge in [0.2, 0.25) is 0 Å². The van der Waals surface area contributed by atoms with Gasteiger partial charge in [-0.3, -0.25) is 4.90 Å². The number of piperidine rings is 1. The summed E-state index contributed by atoms with van der Waals surface area (Å²) in [5, 5.41) is 0. The lowest BCUT2D eigenvalue weighted by molar-refractivity contribution is 0.137. The van der Waals surface area contributed by atoms with Crippen molar-refractivity contribution in [3.05, 3.63) is 71.3 Å². The van der Waals surface area contributed by atoms with E-state index >= 15 is 0 Å². The Balaban J connectivity index is 1.76. The monoisotopic (exact) mass is 291 g/mol. The van der Waals surface area contributed by atoms with Crippen molar-refractivity contribution in [2.45, 2.75) is 50.1 Å². The molecule has 0 amide bonds. The van der Waals surface area contributed by atoms with Crippen LogP contribution in [-0.2, 0) is 0 Å². The standard InChI is InChI=1S/C21H25N/c1-15-8-10-16(11-9-15)19-14-18-12-13-20(22(18)2)21(19)17-6-4-3-5-7-17/h3-11,18-21H,12-14H2,1-2H3/t18-,19+,20+,21+/m1/s1. The molecule has 4 atom stereocenters. The van der Waals surface area contributed by atoms with Gasteiger partial charge in [0.05, 0.1) is 0 Å². The van der Waals surface area contributed by atoms with Crippen molar-refractivity contribution in [1.29, 1.82) is 0 Å². The van der Waals surface area contributed by atoms with Gasteiger partial charge in [0, 0.05) is 18.0 Å². The van der Waals surface area contributed by atoms with Crippen LogP contribution < -0.4 is 0 Å². The fourth-order valence-electron chi connectivity index (χ4n) is 4.75. The summed E-state index contributed by atoms with van der Waals surface area (Å²) in [5.74, 6) is 1.30. The molecule has 0 saturated carbocycles. The number of benzene rings is 2. The van der Waals surface area contributed by atoms with E-state index in [1.807, 2.05) is 0 Å². The molecule has 2 aliphatic heterocycles. The van der Waals surface area contributed by atoms with Crippen molar-refractivity contribution in [3.8, 4) is 0 Å². The summed E-state index contributed by atoms with van der Waals surface area (Å²) in [6.07, 6.45) is 4.02. The summed E-state index contributed by atoms with van der Waals surface area (Å²) in [6, 6.07) is 21.9. The molecule has 0 N–H and O–H groups in total. The zero-order valence-electron chi connectivity index (χ0n) is 13.6. The zero-order valence-corrected chi connectivity index (χ0v) is 13.6. The molecule has 0 aromatic heterocycles. The van der Waals surface area contributed by atoms with Crippen LogP contribution in [0.15, 0.2) is 54.6 Å². The second-order valence-electron chi connectivity index (χ2n) is 7.15. The molecular formula is C21H25N. The van der Waals surface area contributed by atoms with Crippen molar-refractivity contribution in [1.82, 2.24) is 4.90 Å². The van der Waals surface area contributed by atoms with Crippen LogP contribution >= 0.6 is 0 Å². The topological polar surface area (TPSA) is 3.24 Å². The van der Waals surface area contributed by atoms with Gasteiger partial charge in [-0.15, -0.1) is 0 Å². The summed E-state index contributed by atoms with van der Waals surface area (Å²) in [6.45, 7) is 2.18. The predicted octanol–water partition coefficient (Wildman–Crippen LogP) is 4.73. The second kappa shape index (κ2) is 5.55.